The van der Waals surface area contributed by atoms with E-state index < -0.39 is 0 Å². The molecule has 49 heavy (non-hydrogen) atoms. The Balaban J connectivity index is 1.11. The Morgan fingerprint density at radius 2 is 1.27 bits per heavy atom. The van der Waals surface area contributed by atoms with Crippen LogP contribution in [0.25, 0.3) is 32.7 Å². The van der Waals surface area contributed by atoms with Gasteiger partial charge in [0.25, 0.3) is 0 Å². The van der Waals surface area contributed by atoms with Crippen molar-refractivity contribution in [3.05, 3.63) is 180 Å². The maximum Gasteiger partial charge on any atom is 0.0499 e. The molecule has 0 radical (unpaired) electrons. The quantitative estimate of drug-likeness (QED) is 0.191. The van der Waals surface area contributed by atoms with Crippen LogP contribution in [0.4, 0.5) is 22.7 Å². The van der Waals surface area contributed by atoms with Gasteiger partial charge in [0.2, 0.25) is 0 Å². The van der Waals surface area contributed by atoms with Crippen LogP contribution in [-0.2, 0) is 0 Å². The van der Waals surface area contributed by atoms with Crippen LogP contribution in [-0.4, -0.2) is 0 Å². The molecule has 2 nitrogen and oxygen atoms in total. The summed E-state index contributed by atoms with van der Waals surface area (Å²) in [5, 5.41) is 5.03. The van der Waals surface area contributed by atoms with E-state index in [-0.39, 0.29) is 5.41 Å². The number of hydrogen-bond acceptors (Lipinski definition) is 2. The topological polar surface area (TPSA) is 6.48 Å². The minimum absolute atomic E-state index is 0.0376. The molecule has 0 amide bonds. The van der Waals surface area contributed by atoms with Gasteiger partial charge in [-0.15, -0.1) is 0 Å². The van der Waals surface area contributed by atoms with E-state index in [2.05, 4.69) is 175 Å². The van der Waals surface area contributed by atoms with Gasteiger partial charge in [-0.1, -0.05) is 111 Å². The first-order valence-corrected chi connectivity index (χ1v) is 17.7. The van der Waals surface area contributed by atoms with Crippen LogP contribution in [0.3, 0.4) is 0 Å². The summed E-state index contributed by atoms with van der Waals surface area (Å²) >= 11 is 0. The molecule has 4 aliphatic rings. The zero-order chi connectivity index (χ0) is 32.7. The van der Waals surface area contributed by atoms with Crippen molar-refractivity contribution in [1.82, 2.24) is 0 Å². The summed E-state index contributed by atoms with van der Waals surface area (Å²) < 4.78 is 0. The average molecular weight is 631 g/mol. The summed E-state index contributed by atoms with van der Waals surface area (Å²) in [4.78, 5) is 5.05. The largest absolute Gasteiger partial charge is 0.313 e. The molecular formula is C47H38N2. The molecule has 0 spiro atoms. The van der Waals surface area contributed by atoms with Crippen LogP contribution in [0.1, 0.15) is 44.6 Å². The Kier molecular flexibility index (Phi) is 6.21. The third-order valence-corrected chi connectivity index (χ3v) is 11.4. The molecule has 0 fully saturated rings. The van der Waals surface area contributed by atoms with Crippen LogP contribution < -0.4 is 9.80 Å². The molecule has 0 N–H and O–H groups in total. The van der Waals surface area contributed by atoms with Gasteiger partial charge in [-0.25, -0.2) is 0 Å². The van der Waals surface area contributed by atoms with Gasteiger partial charge in [-0.2, -0.15) is 0 Å². The molecule has 0 aromatic heterocycles. The molecule has 0 saturated carbocycles. The van der Waals surface area contributed by atoms with E-state index in [1.54, 1.807) is 5.57 Å². The van der Waals surface area contributed by atoms with E-state index >= 15 is 0 Å². The maximum absolute atomic E-state index is 2.61. The minimum atomic E-state index is 0.0376. The van der Waals surface area contributed by atoms with E-state index in [0.717, 1.165) is 30.6 Å². The number of benzene rings is 6. The summed E-state index contributed by atoms with van der Waals surface area (Å²) in [5.74, 6) is 0.354. The van der Waals surface area contributed by atoms with Crippen molar-refractivity contribution in [2.24, 2.45) is 5.41 Å². The second-order valence-electron chi connectivity index (χ2n) is 14.5. The van der Waals surface area contributed by atoms with Gasteiger partial charge in [0, 0.05) is 45.5 Å². The summed E-state index contributed by atoms with van der Waals surface area (Å²) in [7, 11) is 0. The van der Waals surface area contributed by atoms with Gasteiger partial charge in [0.05, 0.1) is 0 Å². The second-order valence-corrected chi connectivity index (χ2v) is 14.5. The molecule has 2 heteroatoms. The van der Waals surface area contributed by atoms with Crippen molar-refractivity contribution in [3.63, 3.8) is 0 Å². The fraction of sp³-hybridized carbons (Fsp3) is 0.149. The van der Waals surface area contributed by atoms with Crippen LogP contribution in [0.2, 0.25) is 0 Å². The molecule has 6 aromatic rings. The SMILES string of the molecule is CC1(C)C2=C3C(CC=C2)c2cc(N(c4ccc(-c5ccc6ccccc6c5)cc4)c4ccc5ccccc5c4)ccc2N3C2=C1CCC=C2. The number of nitrogens with zero attached hydrogens (tertiary/aromatic N) is 2. The molecular weight excluding hydrogens is 593 g/mol. The predicted molar refractivity (Wildman–Crippen MR) is 207 cm³/mol. The number of rotatable bonds is 4. The zero-order valence-corrected chi connectivity index (χ0v) is 28.0. The van der Waals surface area contributed by atoms with E-state index in [1.165, 1.54) is 66.6 Å². The van der Waals surface area contributed by atoms with E-state index in [0.29, 0.717) is 5.92 Å². The third-order valence-electron chi connectivity index (χ3n) is 11.4. The summed E-state index contributed by atoms with van der Waals surface area (Å²) in [6.45, 7) is 4.87. The van der Waals surface area contributed by atoms with E-state index in [9.17, 15) is 0 Å². The normalized spacial score (nSPS) is 18.6. The molecule has 236 valence electrons. The monoisotopic (exact) mass is 630 g/mol. The van der Waals surface area contributed by atoms with E-state index in [4.69, 9.17) is 0 Å². The van der Waals surface area contributed by atoms with Crippen molar-refractivity contribution < 1.29 is 0 Å². The van der Waals surface area contributed by atoms with Crippen molar-refractivity contribution in [1.29, 1.82) is 0 Å². The first-order chi connectivity index (χ1) is 24.0. The van der Waals surface area contributed by atoms with Gasteiger partial charge in [-0.05, 0) is 123 Å². The van der Waals surface area contributed by atoms with Crippen molar-refractivity contribution in [2.75, 3.05) is 9.80 Å². The highest BCUT2D eigenvalue weighted by atomic mass is 15.2. The lowest BCUT2D eigenvalue weighted by Crippen LogP contribution is -2.36. The van der Waals surface area contributed by atoms with Gasteiger partial charge in [-0.3, -0.25) is 0 Å². The smallest absolute Gasteiger partial charge is 0.0499 e. The maximum atomic E-state index is 2.61. The average Bonchev–Trinajstić information content (AvgIpc) is 3.48. The number of anilines is 4. The first kappa shape index (κ1) is 28.4. The minimum Gasteiger partial charge on any atom is -0.313 e. The van der Waals surface area contributed by atoms with Gasteiger partial charge < -0.3 is 9.80 Å². The van der Waals surface area contributed by atoms with Gasteiger partial charge in [0.15, 0.2) is 0 Å². The van der Waals surface area contributed by atoms with E-state index in [1.807, 2.05) is 0 Å². The van der Waals surface area contributed by atoms with Crippen LogP contribution in [0.15, 0.2) is 174 Å². The molecule has 0 bridgehead atoms. The first-order valence-electron chi connectivity index (χ1n) is 17.7. The molecule has 2 aliphatic carbocycles. The lowest BCUT2D eigenvalue weighted by atomic mass is 9.68. The highest BCUT2D eigenvalue weighted by Crippen LogP contribution is 2.60. The van der Waals surface area contributed by atoms with Crippen LogP contribution in [0, 0.1) is 5.41 Å². The van der Waals surface area contributed by atoms with Crippen molar-refractivity contribution in [2.45, 2.75) is 39.0 Å². The van der Waals surface area contributed by atoms with Gasteiger partial charge >= 0.3 is 0 Å². The molecule has 2 heterocycles. The Morgan fingerprint density at radius 3 is 2.06 bits per heavy atom. The number of allylic oxidation sites excluding steroid dienone is 7. The summed E-state index contributed by atoms with van der Waals surface area (Å²) in [6, 6.07) is 47.2. The zero-order valence-electron chi connectivity index (χ0n) is 28.0. The van der Waals surface area contributed by atoms with Crippen LogP contribution in [0.5, 0.6) is 0 Å². The fourth-order valence-electron chi connectivity index (χ4n) is 8.93. The number of fused-ring (bicyclic) bond motifs is 6. The van der Waals surface area contributed by atoms with Crippen molar-refractivity contribution in [3.8, 4) is 11.1 Å². The lowest BCUT2D eigenvalue weighted by Gasteiger charge is -2.44. The second kappa shape index (κ2) is 10.7. The Labute approximate surface area is 288 Å². The highest BCUT2D eigenvalue weighted by molar-refractivity contribution is 5.91. The highest BCUT2D eigenvalue weighted by Gasteiger charge is 2.47. The molecule has 10 rings (SSSR count). The Bertz CT molecular complexity index is 2450. The Hall–Kier alpha value is -5.60. The summed E-state index contributed by atoms with van der Waals surface area (Å²) in [5.41, 5.74) is 14.7. The number of hydrogen-bond donors (Lipinski definition) is 0. The fourth-order valence-corrected chi connectivity index (χ4v) is 8.93. The lowest BCUT2D eigenvalue weighted by molar-refractivity contribution is 0.490. The molecule has 0 saturated heterocycles. The molecule has 1 atom stereocenters. The van der Waals surface area contributed by atoms with Crippen LogP contribution >= 0.6 is 0 Å². The third kappa shape index (κ3) is 4.33. The standard InChI is InChI=1S/C47H38N2/c1-47(2)42-15-7-8-17-45(42)49-44-27-26-39(30-41(44)40-14-9-16-43(47)46(40)49)48(38-25-22-32-11-4-6-13-35(32)29-38)37-23-20-33(21-24-37)36-19-18-31-10-3-5-12-34(31)28-36/h3-6,8-13,16-30,40H,7,14-15H2,1-2H3. The molecule has 6 aromatic carbocycles. The molecule has 2 aliphatic heterocycles. The molecule has 1 unspecified atom stereocenters. The predicted octanol–water partition coefficient (Wildman–Crippen LogP) is 12.9. The Morgan fingerprint density at radius 1 is 0.612 bits per heavy atom. The summed E-state index contributed by atoms with van der Waals surface area (Å²) in [6.07, 6.45) is 12.9. The van der Waals surface area contributed by atoms with Gasteiger partial charge in [0.1, 0.15) is 0 Å². The van der Waals surface area contributed by atoms with Crippen molar-refractivity contribution >= 4 is 44.3 Å².